The summed E-state index contributed by atoms with van der Waals surface area (Å²) < 4.78 is 0. The van der Waals surface area contributed by atoms with E-state index in [0.29, 0.717) is 0 Å². The third kappa shape index (κ3) is 1.56. The summed E-state index contributed by atoms with van der Waals surface area (Å²) in [7, 11) is 0. The molecule has 0 radical (unpaired) electrons. The number of hydrogen-bond donors (Lipinski definition) is 3. The largest absolute Gasteiger partial charge is 0.394 e. The molecule has 0 aliphatic heterocycles. The molecule has 1 rings (SSSR count). The van der Waals surface area contributed by atoms with E-state index in [2.05, 4.69) is 5.32 Å². The minimum Gasteiger partial charge on any atom is -0.394 e. The molecule has 1 fully saturated rings. The van der Waals surface area contributed by atoms with E-state index in [1.54, 1.807) is 0 Å². The van der Waals surface area contributed by atoms with Crippen LogP contribution in [0.1, 0.15) is 34.6 Å². The summed E-state index contributed by atoms with van der Waals surface area (Å²) in [5.41, 5.74) is 4.23. The van der Waals surface area contributed by atoms with Crippen LogP contribution in [0.2, 0.25) is 0 Å². The highest BCUT2D eigenvalue weighted by Gasteiger charge is 2.78. The monoisotopic (exact) mass is 242 g/mol. The predicted octanol–water partition coefficient (Wildman–Crippen LogP) is 0.0211. The van der Waals surface area contributed by atoms with Crippen LogP contribution in [0.4, 0.5) is 0 Å². The fourth-order valence-electron chi connectivity index (χ4n) is 2.67. The first kappa shape index (κ1) is 14.0. The average Bonchev–Trinajstić information content (AvgIpc) is 2.53. The molecule has 4 N–H and O–H groups in total. The number of rotatable bonds is 4. The van der Waals surface area contributed by atoms with Gasteiger partial charge in [0.2, 0.25) is 11.8 Å². The van der Waals surface area contributed by atoms with Crippen molar-refractivity contribution in [2.75, 3.05) is 6.61 Å². The van der Waals surface area contributed by atoms with Gasteiger partial charge >= 0.3 is 0 Å². The molecule has 0 bridgehead atoms. The summed E-state index contributed by atoms with van der Waals surface area (Å²) in [5, 5.41) is 11.5. The Labute approximate surface area is 102 Å². The van der Waals surface area contributed by atoms with Crippen LogP contribution in [0.5, 0.6) is 0 Å². The van der Waals surface area contributed by atoms with Crippen LogP contribution in [0.3, 0.4) is 0 Å². The molecular formula is C12H22N2O3. The Kier molecular flexibility index (Phi) is 3.04. The SMILES string of the molecule is CC1(C)C(C)(C)C1(C)C(=O)N[C@@H](CO)C(N)=O. The van der Waals surface area contributed by atoms with Gasteiger partial charge in [-0.1, -0.05) is 27.7 Å². The van der Waals surface area contributed by atoms with Gasteiger partial charge in [0, 0.05) is 0 Å². The molecular weight excluding hydrogens is 220 g/mol. The molecule has 0 aromatic heterocycles. The maximum Gasteiger partial charge on any atom is 0.242 e. The van der Waals surface area contributed by atoms with Crippen molar-refractivity contribution in [1.82, 2.24) is 5.32 Å². The van der Waals surface area contributed by atoms with E-state index < -0.39 is 24.0 Å². The van der Waals surface area contributed by atoms with E-state index in [4.69, 9.17) is 10.8 Å². The number of nitrogens with two attached hydrogens (primary N) is 1. The predicted molar refractivity (Wildman–Crippen MR) is 63.9 cm³/mol. The van der Waals surface area contributed by atoms with E-state index in [0.717, 1.165) is 0 Å². The summed E-state index contributed by atoms with van der Waals surface area (Å²) in [4.78, 5) is 23.2. The van der Waals surface area contributed by atoms with Crippen LogP contribution in [0.15, 0.2) is 0 Å². The Hall–Kier alpha value is -1.10. The lowest BCUT2D eigenvalue weighted by molar-refractivity contribution is -0.132. The molecule has 17 heavy (non-hydrogen) atoms. The van der Waals surface area contributed by atoms with Gasteiger partial charge in [-0.15, -0.1) is 0 Å². The maximum atomic E-state index is 12.2. The van der Waals surface area contributed by atoms with Crippen LogP contribution in [0.25, 0.3) is 0 Å². The molecule has 0 aromatic rings. The van der Waals surface area contributed by atoms with Gasteiger partial charge in [-0.2, -0.15) is 0 Å². The third-order valence-corrected chi connectivity index (χ3v) is 5.29. The van der Waals surface area contributed by atoms with Gasteiger partial charge in [-0.05, 0) is 17.8 Å². The third-order valence-electron chi connectivity index (χ3n) is 5.29. The molecule has 0 spiro atoms. The Morgan fingerprint density at radius 2 is 1.59 bits per heavy atom. The molecule has 0 aromatic carbocycles. The molecule has 98 valence electrons. The lowest BCUT2D eigenvalue weighted by Crippen LogP contribution is -2.49. The number of nitrogens with one attached hydrogen (secondary N) is 1. The number of primary amides is 1. The second-order valence-electron chi connectivity index (χ2n) is 5.99. The second-order valence-corrected chi connectivity index (χ2v) is 5.99. The highest BCUT2D eigenvalue weighted by Crippen LogP contribution is 2.77. The van der Waals surface area contributed by atoms with Crippen LogP contribution >= 0.6 is 0 Å². The van der Waals surface area contributed by atoms with E-state index >= 15 is 0 Å². The minimum atomic E-state index is -1.01. The van der Waals surface area contributed by atoms with Crippen molar-refractivity contribution in [3.8, 4) is 0 Å². The number of carbonyl (C=O) groups is 2. The zero-order valence-electron chi connectivity index (χ0n) is 11.1. The standard InChI is InChI=1S/C12H22N2O3/c1-10(2)11(3,4)12(10,5)9(17)14-7(6-15)8(13)16/h7,15H,6H2,1-5H3,(H2,13,16)(H,14,17)/t7-/m0/s1. The minimum absolute atomic E-state index is 0.151. The van der Waals surface area contributed by atoms with Crippen molar-refractivity contribution < 1.29 is 14.7 Å². The van der Waals surface area contributed by atoms with E-state index in [1.165, 1.54) is 0 Å². The van der Waals surface area contributed by atoms with Gasteiger partial charge in [-0.3, -0.25) is 9.59 Å². The van der Waals surface area contributed by atoms with Gasteiger partial charge in [0.15, 0.2) is 0 Å². The number of aliphatic hydroxyl groups is 1. The molecule has 2 amide bonds. The zero-order chi connectivity index (χ0) is 13.6. The first-order chi connectivity index (χ1) is 7.54. The van der Waals surface area contributed by atoms with Crippen LogP contribution in [-0.2, 0) is 9.59 Å². The molecule has 0 unspecified atom stereocenters. The second kappa shape index (κ2) is 3.70. The van der Waals surface area contributed by atoms with Gasteiger partial charge in [0.1, 0.15) is 6.04 Å². The average molecular weight is 242 g/mol. The van der Waals surface area contributed by atoms with Crippen LogP contribution < -0.4 is 11.1 Å². The number of carbonyl (C=O) groups excluding carboxylic acids is 2. The Morgan fingerprint density at radius 3 is 1.82 bits per heavy atom. The van der Waals surface area contributed by atoms with Gasteiger partial charge in [-0.25, -0.2) is 0 Å². The molecule has 0 heterocycles. The molecule has 1 saturated carbocycles. The topological polar surface area (TPSA) is 92.4 Å². The normalized spacial score (nSPS) is 24.8. The Morgan fingerprint density at radius 1 is 1.18 bits per heavy atom. The lowest BCUT2D eigenvalue weighted by atomic mass is 9.96. The first-order valence-electron chi connectivity index (χ1n) is 5.75. The number of hydrogen-bond acceptors (Lipinski definition) is 3. The number of amides is 2. The van der Waals surface area contributed by atoms with Gasteiger partial charge in [0.05, 0.1) is 12.0 Å². The van der Waals surface area contributed by atoms with Gasteiger partial charge in [0.25, 0.3) is 0 Å². The Bertz CT molecular complexity index is 347. The molecule has 1 aliphatic rings. The molecule has 1 aliphatic carbocycles. The molecule has 1 atom stereocenters. The summed E-state index contributed by atoms with van der Waals surface area (Å²) in [5.74, 6) is -0.953. The molecule has 5 heteroatoms. The van der Waals surface area contributed by atoms with Crippen LogP contribution in [0, 0.1) is 16.2 Å². The van der Waals surface area contributed by atoms with Crippen molar-refractivity contribution in [1.29, 1.82) is 0 Å². The summed E-state index contributed by atoms with van der Waals surface area (Å²) in [6, 6.07) is -1.01. The molecule has 5 nitrogen and oxygen atoms in total. The van der Waals surface area contributed by atoms with E-state index in [9.17, 15) is 9.59 Å². The van der Waals surface area contributed by atoms with Crippen LogP contribution in [-0.4, -0.2) is 29.6 Å². The summed E-state index contributed by atoms with van der Waals surface area (Å²) in [6.07, 6.45) is 0. The Balaban J connectivity index is 2.84. The first-order valence-corrected chi connectivity index (χ1v) is 5.75. The summed E-state index contributed by atoms with van der Waals surface area (Å²) in [6.45, 7) is 9.47. The quantitative estimate of drug-likeness (QED) is 0.649. The fourth-order valence-corrected chi connectivity index (χ4v) is 2.67. The zero-order valence-corrected chi connectivity index (χ0v) is 11.1. The summed E-state index contributed by atoms with van der Waals surface area (Å²) >= 11 is 0. The fraction of sp³-hybridized carbons (Fsp3) is 0.833. The van der Waals surface area contributed by atoms with Crippen molar-refractivity contribution in [3.63, 3.8) is 0 Å². The van der Waals surface area contributed by atoms with Crippen molar-refractivity contribution in [2.24, 2.45) is 22.0 Å². The van der Waals surface area contributed by atoms with Gasteiger partial charge < -0.3 is 16.2 Å². The lowest BCUT2D eigenvalue weighted by Gasteiger charge is -2.19. The smallest absolute Gasteiger partial charge is 0.242 e. The van der Waals surface area contributed by atoms with Crippen molar-refractivity contribution >= 4 is 11.8 Å². The highest BCUT2D eigenvalue weighted by molar-refractivity contribution is 5.92. The highest BCUT2D eigenvalue weighted by atomic mass is 16.3. The van der Waals surface area contributed by atoms with E-state index in [1.807, 2.05) is 34.6 Å². The number of aliphatic hydroxyl groups excluding tert-OH is 1. The van der Waals surface area contributed by atoms with E-state index in [-0.39, 0.29) is 16.7 Å². The van der Waals surface area contributed by atoms with Crippen molar-refractivity contribution in [3.05, 3.63) is 0 Å². The van der Waals surface area contributed by atoms with Crippen molar-refractivity contribution in [2.45, 2.75) is 40.7 Å². The molecule has 0 saturated heterocycles. The maximum absolute atomic E-state index is 12.2.